The van der Waals surface area contributed by atoms with Gasteiger partial charge in [-0.1, -0.05) is 10.3 Å². The molecule has 172 valence electrons. The van der Waals surface area contributed by atoms with Crippen LogP contribution in [0.3, 0.4) is 0 Å². The Morgan fingerprint density at radius 1 is 1.47 bits per heavy atom. The number of nitrogens with one attached hydrogen (secondary N) is 3. The van der Waals surface area contributed by atoms with Gasteiger partial charge in [-0.05, 0) is 13.8 Å². The standard InChI is InChI=1S/C14H17N9O7S2/c1-3-29-19-9(10-17-13(15)31-20-10)11(24)16-7-5-23(12(7)25)14(26)22-32(27,28)21-8-4-6(2)30-18-8/h4,7H,3,5H2,1-2H3,(H,16,24)(H,18,21)(H,22,26)(H2,15,17,20)/b19-9-/t7-/m0/s1. The average Bonchev–Trinajstić information content (AvgIpc) is 3.31. The quantitative estimate of drug-likeness (QED) is 0.191. The lowest BCUT2D eigenvalue weighted by molar-refractivity contribution is -0.141. The molecule has 2 aromatic rings. The van der Waals surface area contributed by atoms with E-state index in [4.69, 9.17) is 15.1 Å². The topological polar surface area (TPSA) is 224 Å². The third kappa shape index (κ3) is 5.27. The number of aromatic nitrogens is 3. The molecule has 3 heterocycles. The van der Waals surface area contributed by atoms with Gasteiger partial charge in [0.15, 0.2) is 10.9 Å². The highest BCUT2D eigenvalue weighted by Gasteiger charge is 2.43. The Balaban J connectivity index is 1.58. The van der Waals surface area contributed by atoms with Crippen molar-refractivity contribution in [2.75, 3.05) is 23.6 Å². The summed E-state index contributed by atoms with van der Waals surface area (Å²) in [4.78, 5) is 46.2. The Morgan fingerprint density at radius 2 is 2.22 bits per heavy atom. The number of imide groups is 1. The molecule has 18 heteroatoms. The van der Waals surface area contributed by atoms with Crippen molar-refractivity contribution in [3.63, 3.8) is 0 Å². The molecule has 1 fully saturated rings. The molecule has 0 saturated carbocycles. The van der Waals surface area contributed by atoms with Crippen LogP contribution in [0.2, 0.25) is 0 Å². The van der Waals surface area contributed by atoms with Crippen molar-refractivity contribution in [1.29, 1.82) is 0 Å². The van der Waals surface area contributed by atoms with Crippen LogP contribution in [0.25, 0.3) is 0 Å². The van der Waals surface area contributed by atoms with Crippen molar-refractivity contribution in [3.8, 4) is 0 Å². The largest absolute Gasteiger partial charge is 0.395 e. The van der Waals surface area contributed by atoms with Gasteiger partial charge in [0.1, 0.15) is 18.4 Å². The Bertz CT molecular complexity index is 1170. The first-order chi connectivity index (χ1) is 15.1. The van der Waals surface area contributed by atoms with E-state index in [0.29, 0.717) is 10.7 Å². The van der Waals surface area contributed by atoms with Crippen molar-refractivity contribution < 1.29 is 32.2 Å². The number of hydrogen-bond donors (Lipinski definition) is 4. The summed E-state index contributed by atoms with van der Waals surface area (Å²) < 4.78 is 36.2. The van der Waals surface area contributed by atoms with Crippen LogP contribution in [0.4, 0.5) is 15.7 Å². The van der Waals surface area contributed by atoms with Gasteiger partial charge >= 0.3 is 16.2 Å². The molecule has 0 unspecified atom stereocenters. The highest BCUT2D eigenvalue weighted by atomic mass is 32.2. The number of nitrogens with zero attached hydrogens (tertiary/aromatic N) is 5. The zero-order chi connectivity index (χ0) is 23.5. The van der Waals surface area contributed by atoms with Crippen molar-refractivity contribution >= 4 is 56.2 Å². The number of nitrogens with two attached hydrogens (primary N) is 1. The van der Waals surface area contributed by atoms with E-state index in [2.05, 4.69) is 25.0 Å². The zero-order valence-electron chi connectivity index (χ0n) is 16.6. The number of anilines is 2. The lowest BCUT2D eigenvalue weighted by atomic mass is 10.1. The Hall–Kier alpha value is -3.80. The fraction of sp³-hybridized carbons (Fsp3) is 0.357. The summed E-state index contributed by atoms with van der Waals surface area (Å²) in [6.45, 7) is 3.05. The second-order valence-corrected chi connectivity index (χ2v) is 8.32. The summed E-state index contributed by atoms with van der Waals surface area (Å²) in [5.41, 5.74) is 5.19. The summed E-state index contributed by atoms with van der Waals surface area (Å²) in [6, 6.07) is -1.04. The van der Waals surface area contributed by atoms with E-state index in [1.54, 1.807) is 18.6 Å². The summed E-state index contributed by atoms with van der Waals surface area (Å²) in [5.74, 6) is -1.59. The number of hydrogen-bond acceptors (Lipinski definition) is 13. The first kappa shape index (κ1) is 22.9. The number of carbonyl (C=O) groups is 3. The number of likely N-dealkylation sites (tertiary alicyclic amines) is 1. The van der Waals surface area contributed by atoms with Gasteiger partial charge in [0.2, 0.25) is 11.5 Å². The van der Waals surface area contributed by atoms with Crippen LogP contribution in [-0.4, -0.2) is 70.6 Å². The fourth-order valence-electron chi connectivity index (χ4n) is 2.34. The highest BCUT2D eigenvalue weighted by Crippen LogP contribution is 2.13. The van der Waals surface area contributed by atoms with E-state index >= 15 is 0 Å². The zero-order valence-corrected chi connectivity index (χ0v) is 18.2. The van der Waals surface area contributed by atoms with Crippen LogP contribution in [0.5, 0.6) is 0 Å². The number of oxime groups is 1. The third-order valence-electron chi connectivity index (χ3n) is 3.72. The summed E-state index contributed by atoms with van der Waals surface area (Å²) in [5, 5.41) is 9.50. The number of urea groups is 1. The van der Waals surface area contributed by atoms with Gasteiger partial charge in [0.05, 0.1) is 6.54 Å². The molecule has 16 nitrogen and oxygen atoms in total. The van der Waals surface area contributed by atoms with Crippen LogP contribution in [-0.2, 0) is 24.6 Å². The SMILES string of the molecule is CCO/N=C(\C(=O)N[C@H]1CN(C(=O)NS(=O)(=O)Nc2cc(C)on2)C1=O)c1nsc(N)n1. The molecule has 0 bridgehead atoms. The molecule has 0 radical (unpaired) electrons. The molecule has 0 aliphatic carbocycles. The normalized spacial score (nSPS) is 16.3. The van der Waals surface area contributed by atoms with Crippen molar-refractivity contribution in [1.82, 2.24) is 29.5 Å². The van der Waals surface area contributed by atoms with E-state index in [0.717, 1.165) is 11.5 Å². The molecule has 1 aliphatic rings. The molecule has 2 aromatic heterocycles. The summed E-state index contributed by atoms with van der Waals surface area (Å²) in [7, 11) is -4.38. The number of amides is 4. The van der Waals surface area contributed by atoms with E-state index in [-0.39, 0.29) is 35.6 Å². The van der Waals surface area contributed by atoms with Gasteiger partial charge in [0, 0.05) is 17.6 Å². The average molecular weight is 487 g/mol. The third-order valence-corrected chi connectivity index (χ3v) is 5.19. The van der Waals surface area contributed by atoms with Gasteiger partial charge in [-0.25, -0.2) is 14.2 Å². The molecule has 1 atom stereocenters. The fourth-order valence-corrected chi connectivity index (χ4v) is 3.53. The molecule has 1 saturated heterocycles. The lowest BCUT2D eigenvalue weighted by Gasteiger charge is -2.36. The maximum atomic E-state index is 12.5. The van der Waals surface area contributed by atoms with Crippen molar-refractivity contribution in [2.45, 2.75) is 19.9 Å². The predicted molar refractivity (Wildman–Crippen MR) is 108 cm³/mol. The first-order valence-electron chi connectivity index (χ1n) is 8.79. The van der Waals surface area contributed by atoms with Gasteiger partial charge in [-0.15, -0.1) is 0 Å². The molecule has 5 N–H and O–H groups in total. The number of aryl methyl sites for hydroxylation is 1. The second kappa shape index (κ2) is 9.14. The minimum atomic E-state index is -4.38. The molecule has 0 spiro atoms. The van der Waals surface area contributed by atoms with Crippen LogP contribution >= 0.6 is 11.5 Å². The molecule has 32 heavy (non-hydrogen) atoms. The predicted octanol–water partition coefficient (Wildman–Crippen LogP) is -1.45. The van der Waals surface area contributed by atoms with E-state index in [1.165, 1.54) is 6.07 Å². The number of β-lactam (4-membered cyclic amide) rings is 1. The molecular weight excluding hydrogens is 470 g/mol. The van der Waals surface area contributed by atoms with Gasteiger partial charge < -0.3 is 20.4 Å². The number of carbonyl (C=O) groups excluding carboxylic acids is 3. The molecule has 3 rings (SSSR count). The van der Waals surface area contributed by atoms with Crippen LogP contribution in [0.1, 0.15) is 18.5 Å². The van der Waals surface area contributed by atoms with Gasteiger partial charge in [0.25, 0.3) is 11.8 Å². The summed E-state index contributed by atoms with van der Waals surface area (Å²) >= 11 is 0.833. The monoisotopic (exact) mass is 487 g/mol. The minimum Gasteiger partial charge on any atom is -0.395 e. The Labute approximate surface area is 184 Å². The first-order valence-corrected chi connectivity index (χ1v) is 11.0. The minimum absolute atomic E-state index is 0.0927. The van der Waals surface area contributed by atoms with Gasteiger partial charge in [-0.2, -0.15) is 17.8 Å². The molecule has 0 aromatic carbocycles. The van der Waals surface area contributed by atoms with Crippen molar-refractivity contribution in [2.24, 2.45) is 5.16 Å². The van der Waals surface area contributed by atoms with E-state index in [1.807, 2.05) is 4.72 Å². The maximum absolute atomic E-state index is 12.5. The molecule has 4 amide bonds. The Kier molecular flexibility index (Phi) is 6.53. The van der Waals surface area contributed by atoms with E-state index < -0.39 is 34.1 Å². The number of nitrogen functional groups attached to an aromatic ring is 1. The maximum Gasteiger partial charge on any atom is 0.339 e. The van der Waals surface area contributed by atoms with E-state index in [9.17, 15) is 22.8 Å². The van der Waals surface area contributed by atoms with Crippen LogP contribution in [0, 0.1) is 6.92 Å². The molecular formula is C14H17N9O7S2. The van der Waals surface area contributed by atoms with Gasteiger partial charge in [-0.3, -0.25) is 14.5 Å². The second-order valence-electron chi connectivity index (χ2n) is 6.12. The smallest absolute Gasteiger partial charge is 0.339 e. The van der Waals surface area contributed by atoms with Crippen molar-refractivity contribution in [3.05, 3.63) is 17.7 Å². The van der Waals surface area contributed by atoms with Crippen LogP contribution < -0.4 is 20.5 Å². The van der Waals surface area contributed by atoms with Crippen LogP contribution in [0.15, 0.2) is 15.7 Å². The summed E-state index contributed by atoms with van der Waals surface area (Å²) in [6.07, 6.45) is 0. The lowest BCUT2D eigenvalue weighted by Crippen LogP contribution is -2.68. The number of rotatable bonds is 8. The highest BCUT2D eigenvalue weighted by molar-refractivity contribution is 7.91. The Morgan fingerprint density at radius 3 is 2.78 bits per heavy atom. The molecule has 1 aliphatic heterocycles.